The smallest absolute Gasteiger partial charge is 0.262 e. The van der Waals surface area contributed by atoms with Gasteiger partial charge < -0.3 is 4.57 Å². The predicted octanol–water partition coefficient (Wildman–Crippen LogP) is 3.27. The summed E-state index contributed by atoms with van der Waals surface area (Å²) >= 11 is 0. The van der Waals surface area contributed by atoms with Gasteiger partial charge in [-0.25, -0.2) is 4.98 Å². The molecule has 0 spiro atoms. The number of hydrogen-bond donors (Lipinski definition) is 0. The molecule has 3 aromatic rings. The van der Waals surface area contributed by atoms with E-state index in [0.717, 1.165) is 27.9 Å². The number of hydrogen-bond acceptors (Lipinski definition) is 3. The summed E-state index contributed by atoms with van der Waals surface area (Å²) in [5.74, 6) is -0.241. The number of benzene rings is 1. The Hall–Kier alpha value is -3.01. The number of ketones is 1. The fraction of sp³-hybridized carbons (Fsp3) is 0.105. The largest absolute Gasteiger partial charge is 0.302 e. The summed E-state index contributed by atoms with van der Waals surface area (Å²) in [4.78, 5) is 29.3. The zero-order valence-corrected chi connectivity index (χ0v) is 12.7. The first-order chi connectivity index (χ1) is 11.1. The number of carbonyl (C=O) groups excluding carboxylic acids is 1. The number of rotatable bonds is 2. The van der Waals surface area contributed by atoms with E-state index in [1.807, 2.05) is 30.3 Å². The van der Waals surface area contributed by atoms with Crippen molar-refractivity contribution in [3.05, 3.63) is 70.0 Å². The summed E-state index contributed by atoms with van der Waals surface area (Å²) in [5, 5.41) is 1.04. The second-order valence-electron chi connectivity index (χ2n) is 5.70. The van der Waals surface area contributed by atoms with Gasteiger partial charge in [-0.3, -0.25) is 9.59 Å². The number of para-hydroxylation sites is 1. The molecule has 3 heterocycles. The van der Waals surface area contributed by atoms with Gasteiger partial charge in [-0.05, 0) is 30.7 Å². The van der Waals surface area contributed by atoms with Crippen LogP contribution in [0, 0.1) is 0 Å². The Bertz CT molecular complexity index is 1060. The lowest BCUT2D eigenvalue weighted by atomic mass is 10.0. The Morgan fingerprint density at radius 2 is 2.09 bits per heavy atom. The number of nitrogens with zero attached hydrogens (tertiary/aromatic N) is 2. The quantitative estimate of drug-likeness (QED) is 0.534. The molecular weight excluding hydrogens is 288 g/mol. The fourth-order valence-corrected chi connectivity index (χ4v) is 3.21. The van der Waals surface area contributed by atoms with Gasteiger partial charge in [0, 0.05) is 10.9 Å². The molecule has 1 aliphatic rings. The van der Waals surface area contributed by atoms with E-state index in [-0.39, 0.29) is 16.9 Å². The van der Waals surface area contributed by atoms with E-state index in [2.05, 4.69) is 12.6 Å². The molecule has 0 unspecified atom stereocenters. The molecule has 0 aliphatic carbocycles. The highest BCUT2D eigenvalue weighted by Gasteiger charge is 2.25. The van der Waals surface area contributed by atoms with Gasteiger partial charge in [-0.15, -0.1) is 0 Å². The molecule has 0 N–H and O–H groups in total. The van der Waals surface area contributed by atoms with Gasteiger partial charge in [-0.2, -0.15) is 0 Å². The highest BCUT2D eigenvalue weighted by atomic mass is 16.1. The van der Waals surface area contributed by atoms with Gasteiger partial charge in [0.25, 0.3) is 5.56 Å². The van der Waals surface area contributed by atoms with Crippen LogP contribution in [0.3, 0.4) is 0 Å². The number of pyridine rings is 2. The fourth-order valence-electron chi connectivity index (χ4n) is 3.21. The normalized spacial score (nSPS) is 12.0. The summed E-state index contributed by atoms with van der Waals surface area (Å²) in [6.07, 6.45) is 1.55. The van der Waals surface area contributed by atoms with Crippen molar-refractivity contribution >= 4 is 22.8 Å². The zero-order chi connectivity index (χ0) is 16.1. The summed E-state index contributed by atoms with van der Waals surface area (Å²) in [6.45, 7) is 5.58. The lowest BCUT2D eigenvalue weighted by molar-refractivity contribution is 0.101. The minimum absolute atomic E-state index is 0.195. The molecular formula is C19H14N2O2. The Kier molecular flexibility index (Phi) is 2.81. The number of carbonyl (C=O) groups is 1. The van der Waals surface area contributed by atoms with Crippen molar-refractivity contribution in [2.24, 2.45) is 0 Å². The molecule has 0 bridgehead atoms. The van der Waals surface area contributed by atoms with Gasteiger partial charge in [0.15, 0.2) is 5.78 Å². The monoisotopic (exact) mass is 302 g/mol. The van der Waals surface area contributed by atoms with E-state index in [9.17, 15) is 9.59 Å². The second-order valence-corrected chi connectivity index (χ2v) is 5.70. The van der Waals surface area contributed by atoms with Crippen molar-refractivity contribution in [1.82, 2.24) is 9.55 Å². The number of aromatic nitrogens is 2. The standard InChI is InChI=1S/C19H14N2O2/c1-3-12-9-16-18-14(8-13-6-4-5-7-15(13)20-18)10-21(16)19(23)17(12)11(2)22/h3-9H,1,10H2,2H3. The first-order valence-electron chi connectivity index (χ1n) is 7.40. The molecule has 4 nitrogen and oxygen atoms in total. The Balaban J connectivity index is 2.06. The Morgan fingerprint density at radius 1 is 1.30 bits per heavy atom. The first-order valence-corrected chi connectivity index (χ1v) is 7.40. The Morgan fingerprint density at radius 3 is 2.83 bits per heavy atom. The van der Waals surface area contributed by atoms with Crippen molar-refractivity contribution in [1.29, 1.82) is 0 Å². The highest BCUT2D eigenvalue weighted by molar-refractivity contribution is 5.98. The molecule has 0 atom stereocenters. The zero-order valence-electron chi connectivity index (χ0n) is 12.7. The van der Waals surface area contributed by atoms with Crippen molar-refractivity contribution in [3.8, 4) is 11.4 Å². The molecule has 4 heteroatoms. The van der Waals surface area contributed by atoms with Crippen LogP contribution < -0.4 is 5.56 Å². The average Bonchev–Trinajstić information content (AvgIpc) is 2.90. The van der Waals surface area contributed by atoms with Crippen molar-refractivity contribution in [3.63, 3.8) is 0 Å². The molecule has 0 radical (unpaired) electrons. The van der Waals surface area contributed by atoms with Gasteiger partial charge in [-0.1, -0.05) is 30.9 Å². The third-order valence-electron chi connectivity index (χ3n) is 4.28. The van der Waals surface area contributed by atoms with Gasteiger partial charge >= 0.3 is 0 Å². The lowest BCUT2D eigenvalue weighted by Gasteiger charge is -2.08. The molecule has 0 fully saturated rings. The molecule has 112 valence electrons. The molecule has 0 saturated carbocycles. The van der Waals surface area contributed by atoms with Crippen molar-refractivity contribution in [2.75, 3.05) is 0 Å². The van der Waals surface area contributed by atoms with E-state index in [0.29, 0.717) is 12.1 Å². The van der Waals surface area contributed by atoms with Crippen LogP contribution in [0.25, 0.3) is 28.4 Å². The maximum Gasteiger partial charge on any atom is 0.262 e. The predicted molar refractivity (Wildman–Crippen MR) is 90.6 cm³/mol. The minimum atomic E-state index is -0.271. The van der Waals surface area contributed by atoms with Crippen LogP contribution in [0.1, 0.15) is 28.4 Å². The maximum atomic E-state index is 12.7. The second kappa shape index (κ2) is 4.74. The van der Waals surface area contributed by atoms with Crippen LogP contribution >= 0.6 is 0 Å². The van der Waals surface area contributed by atoms with Gasteiger partial charge in [0.05, 0.1) is 29.0 Å². The molecule has 1 aromatic carbocycles. The van der Waals surface area contributed by atoms with Crippen LogP contribution in [0.5, 0.6) is 0 Å². The molecule has 23 heavy (non-hydrogen) atoms. The van der Waals surface area contributed by atoms with E-state index in [1.165, 1.54) is 6.92 Å². The lowest BCUT2D eigenvalue weighted by Crippen LogP contribution is -2.26. The first kappa shape index (κ1) is 13.6. The van der Waals surface area contributed by atoms with E-state index < -0.39 is 0 Å². The van der Waals surface area contributed by atoms with Crippen molar-refractivity contribution in [2.45, 2.75) is 13.5 Å². The molecule has 0 amide bonds. The van der Waals surface area contributed by atoms with Gasteiger partial charge in [0.2, 0.25) is 0 Å². The summed E-state index contributed by atoms with van der Waals surface area (Å²) < 4.78 is 1.63. The van der Waals surface area contributed by atoms with Crippen LogP contribution in [-0.2, 0) is 6.54 Å². The van der Waals surface area contributed by atoms with Crippen LogP contribution in [0.4, 0.5) is 0 Å². The van der Waals surface area contributed by atoms with E-state index in [4.69, 9.17) is 4.98 Å². The van der Waals surface area contributed by atoms with Crippen molar-refractivity contribution < 1.29 is 4.79 Å². The van der Waals surface area contributed by atoms with Crippen LogP contribution in [-0.4, -0.2) is 15.3 Å². The van der Waals surface area contributed by atoms with Gasteiger partial charge in [0.1, 0.15) is 0 Å². The minimum Gasteiger partial charge on any atom is -0.302 e. The number of fused-ring (bicyclic) bond motifs is 4. The number of Topliss-reactive ketones (excluding diaryl/α,β-unsaturated/α-hetero) is 1. The third kappa shape index (κ3) is 1.88. The molecule has 0 saturated heterocycles. The average molecular weight is 302 g/mol. The van der Waals surface area contributed by atoms with Crippen LogP contribution in [0.2, 0.25) is 0 Å². The topological polar surface area (TPSA) is 52.0 Å². The highest BCUT2D eigenvalue weighted by Crippen LogP contribution is 2.32. The SMILES string of the molecule is C=Cc1cc2n(c(=O)c1C(C)=O)Cc1cc3ccccc3nc1-2. The van der Waals surface area contributed by atoms with E-state index in [1.54, 1.807) is 10.6 Å². The summed E-state index contributed by atoms with van der Waals surface area (Å²) in [6, 6.07) is 11.8. The molecule has 1 aliphatic heterocycles. The summed E-state index contributed by atoms with van der Waals surface area (Å²) in [7, 11) is 0. The Labute approximate surface area is 132 Å². The molecule has 2 aromatic heterocycles. The third-order valence-corrected chi connectivity index (χ3v) is 4.28. The van der Waals surface area contributed by atoms with Crippen LogP contribution in [0.15, 0.2) is 47.8 Å². The van der Waals surface area contributed by atoms with E-state index >= 15 is 0 Å². The molecule has 4 rings (SSSR count). The maximum absolute atomic E-state index is 12.7. The summed E-state index contributed by atoms with van der Waals surface area (Å²) in [5.41, 5.74) is 3.93.